The number of amides is 2. The van der Waals surface area contributed by atoms with Crippen molar-refractivity contribution < 1.29 is 18.0 Å². The molecule has 1 heterocycles. The third-order valence-electron chi connectivity index (χ3n) is 4.72. The van der Waals surface area contributed by atoms with Crippen LogP contribution in [0, 0.1) is 13.8 Å². The Bertz CT molecular complexity index is 792. The molecule has 1 aromatic carbocycles. The SMILES string of the molecule is CCC(=O)NC1CCCN(C(=O)CCNS(=O)(=O)c2cc(C)ccc2C)C1. The summed E-state index contributed by atoms with van der Waals surface area (Å²) in [5.41, 5.74) is 1.54. The van der Waals surface area contributed by atoms with Crippen LogP contribution in [-0.4, -0.2) is 50.8 Å². The topological polar surface area (TPSA) is 95.6 Å². The standard InChI is InChI=1S/C19H29N3O4S/c1-4-18(23)21-16-6-5-11-22(13-16)19(24)9-10-20-27(25,26)17-12-14(2)7-8-15(17)3/h7-8,12,16,20H,4-6,9-11,13H2,1-3H3,(H,21,23). The van der Waals surface area contributed by atoms with Crippen LogP contribution in [0.25, 0.3) is 0 Å². The molecular formula is C19H29N3O4S. The van der Waals surface area contributed by atoms with Crippen molar-refractivity contribution in [3.63, 3.8) is 0 Å². The number of likely N-dealkylation sites (tertiary alicyclic amines) is 1. The minimum absolute atomic E-state index is 0.0180. The molecule has 7 nitrogen and oxygen atoms in total. The largest absolute Gasteiger partial charge is 0.352 e. The molecule has 2 amide bonds. The van der Waals surface area contributed by atoms with Gasteiger partial charge in [-0.05, 0) is 43.9 Å². The fourth-order valence-electron chi connectivity index (χ4n) is 3.18. The second-order valence-corrected chi connectivity index (χ2v) is 8.75. The van der Waals surface area contributed by atoms with E-state index in [1.165, 1.54) is 0 Å². The molecule has 0 aromatic heterocycles. The normalized spacial score (nSPS) is 17.6. The molecule has 1 fully saturated rings. The fraction of sp³-hybridized carbons (Fsp3) is 0.579. The second-order valence-electron chi connectivity index (χ2n) is 7.02. The van der Waals surface area contributed by atoms with Gasteiger partial charge in [-0.1, -0.05) is 19.1 Å². The molecule has 150 valence electrons. The van der Waals surface area contributed by atoms with Crippen LogP contribution in [0.3, 0.4) is 0 Å². The van der Waals surface area contributed by atoms with E-state index >= 15 is 0 Å². The van der Waals surface area contributed by atoms with Gasteiger partial charge >= 0.3 is 0 Å². The summed E-state index contributed by atoms with van der Waals surface area (Å²) in [7, 11) is -3.65. The van der Waals surface area contributed by atoms with Gasteiger partial charge in [-0.2, -0.15) is 0 Å². The van der Waals surface area contributed by atoms with Gasteiger partial charge in [0.1, 0.15) is 0 Å². The maximum Gasteiger partial charge on any atom is 0.240 e. The first-order chi connectivity index (χ1) is 12.7. The molecule has 0 aliphatic carbocycles. The van der Waals surface area contributed by atoms with Crippen molar-refractivity contribution in [2.24, 2.45) is 0 Å². The first kappa shape index (κ1) is 21.4. The summed E-state index contributed by atoms with van der Waals surface area (Å²) in [6.45, 7) is 6.55. The Morgan fingerprint density at radius 3 is 2.70 bits per heavy atom. The molecule has 1 aromatic rings. The third kappa shape index (κ3) is 6.04. The van der Waals surface area contributed by atoms with Gasteiger partial charge in [-0.3, -0.25) is 9.59 Å². The average Bonchev–Trinajstić information content (AvgIpc) is 2.63. The average molecular weight is 396 g/mol. The van der Waals surface area contributed by atoms with Gasteiger partial charge in [-0.15, -0.1) is 0 Å². The molecule has 1 unspecified atom stereocenters. The first-order valence-corrected chi connectivity index (χ1v) is 10.9. The Labute approximate surface area is 161 Å². The maximum atomic E-state index is 12.5. The molecule has 0 saturated carbocycles. The second kappa shape index (κ2) is 9.32. The molecule has 1 aliphatic rings. The number of benzene rings is 1. The van der Waals surface area contributed by atoms with Crippen LogP contribution in [-0.2, 0) is 19.6 Å². The zero-order valence-electron chi connectivity index (χ0n) is 16.2. The van der Waals surface area contributed by atoms with E-state index in [-0.39, 0.29) is 35.7 Å². The lowest BCUT2D eigenvalue weighted by molar-refractivity contribution is -0.133. The Morgan fingerprint density at radius 2 is 2.00 bits per heavy atom. The van der Waals surface area contributed by atoms with Crippen LogP contribution in [0.2, 0.25) is 0 Å². The van der Waals surface area contributed by atoms with Gasteiger partial charge in [0.2, 0.25) is 21.8 Å². The smallest absolute Gasteiger partial charge is 0.240 e. The van der Waals surface area contributed by atoms with Gasteiger partial charge < -0.3 is 10.2 Å². The van der Waals surface area contributed by atoms with E-state index in [2.05, 4.69) is 10.0 Å². The van der Waals surface area contributed by atoms with Crippen molar-refractivity contribution in [1.29, 1.82) is 0 Å². The first-order valence-electron chi connectivity index (χ1n) is 9.37. The summed E-state index contributed by atoms with van der Waals surface area (Å²) in [6.07, 6.45) is 2.20. The van der Waals surface area contributed by atoms with Crippen molar-refractivity contribution >= 4 is 21.8 Å². The highest BCUT2D eigenvalue weighted by molar-refractivity contribution is 7.89. The summed E-state index contributed by atoms with van der Waals surface area (Å²) in [6, 6.07) is 5.24. The minimum Gasteiger partial charge on any atom is -0.352 e. The van der Waals surface area contributed by atoms with Crippen LogP contribution < -0.4 is 10.0 Å². The monoisotopic (exact) mass is 395 g/mol. The molecule has 1 aliphatic heterocycles. The Balaban J connectivity index is 1.88. The van der Waals surface area contributed by atoms with Crippen molar-refractivity contribution in [2.75, 3.05) is 19.6 Å². The number of piperidine rings is 1. The summed E-state index contributed by atoms with van der Waals surface area (Å²) in [5, 5.41) is 2.92. The molecule has 27 heavy (non-hydrogen) atoms. The third-order valence-corrected chi connectivity index (χ3v) is 6.33. The number of carbonyl (C=O) groups excluding carboxylic acids is 2. The van der Waals surface area contributed by atoms with Crippen LogP contribution in [0.15, 0.2) is 23.1 Å². The highest BCUT2D eigenvalue weighted by Gasteiger charge is 2.25. The minimum atomic E-state index is -3.65. The maximum absolute atomic E-state index is 12.5. The van der Waals surface area contributed by atoms with E-state index in [1.54, 1.807) is 30.9 Å². The van der Waals surface area contributed by atoms with E-state index in [0.29, 0.717) is 25.1 Å². The summed E-state index contributed by atoms with van der Waals surface area (Å²) >= 11 is 0. The summed E-state index contributed by atoms with van der Waals surface area (Å²) < 4.78 is 27.5. The van der Waals surface area contributed by atoms with Gasteiger partial charge in [-0.25, -0.2) is 13.1 Å². The molecule has 1 saturated heterocycles. The zero-order valence-corrected chi connectivity index (χ0v) is 17.1. The number of hydrogen-bond acceptors (Lipinski definition) is 4. The Hall–Kier alpha value is -1.93. The lowest BCUT2D eigenvalue weighted by Gasteiger charge is -2.33. The molecule has 2 N–H and O–H groups in total. The highest BCUT2D eigenvalue weighted by atomic mass is 32.2. The van der Waals surface area contributed by atoms with Gasteiger partial charge in [0.05, 0.1) is 4.90 Å². The van der Waals surface area contributed by atoms with Gasteiger partial charge in [0, 0.05) is 38.5 Å². The van der Waals surface area contributed by atoms with Crippen molar-refractivity contribution in [3.05, 3.63) is 29.3 Å². The van der Waals surface area contributed by atoms with Crippen molar-refractivity contribution in [2.45, 2.75) is 57.4 Å². The van der Waals surface area contributed by atoms with E-state index in [9.17, 15) is 18.0 Å². The molecule has 0 bridgehead atoms. The summed E-state index contributed by atoms with van der Waals surface area (Å²) in [4.78, 5) is 25.9. The molecule has 0 spiro atoms. The van der Waals surface area contributed by atoms with Crippen LogP contribution in [0.4, 0.5) is 0 Å². The fourth-order valence-corrected chi connectivity index (χ4v) is 4.54. The van der Waals surface area contributed by atoms with E-state index in [1.807, 2.05) is 13.0 Å². The molecule has 1 atom stereocenters. The van der Waals surface area contributed by atoms with Crippen LogP contribution in [0.1, 0.15) is 43.7 Å². The van der Waals surface area contributed by atoms with Crippen LogP contribution >= 0.6 is 0 Å². The number of nitrogens with zero attached hydrogens (tertiary/aromatic N) is 1. The number of hydrogen-bond donors (Lipinski definition) is 2. The zero-order chi connectivity index (χ0) is 20.0. The van der Waals surface area contributed by atoms with Crippen LogP contribution in [0.5, 0.6) is 0 Å². The highest BCUT2D eigenvalue weighted by Crippen LogP contribution is 2.17. The van der Waals surface area contributed by atoms with Crippen molar-refractivity contribution in [1.82, 2.24) is 14.9 Å². The summed E-state index contributed by atoms with van der Waals surface area (Å²) in [5.74, 6) is -0.121. The van der Waals surface area contributed by atoms with E-state index in [0.717, 1.165) is 18.4 Å². The molecule has 0 radical (unpaired) electrons. The lowest BCUT2D eigenvalue weighted by atomic mass is 10.1. The van der Waals surface area contributed by atoms with E-state index in [4.69, 9.17) is 0 Å². The number of aryl methyl sites for hydroxylation is 2. The number of rotatable bonds is 7. The number of sulfonamides is 1. The Kier molecular flexibility index (Phi) is 7.38. The molecule has 8 heteroatoms. The predicted octanol–water partition coefficient (Wildman–Crippen LogP) is 1.49. The number of nitrogens with one attached hydrogen (secondary N) is 2. The lowest BCUT2D eigenvalue weighted by Crippen LogP contribution is -2.49. The number of carbonyl (C=O) groups is 2. The Morgan fingerprint density at radius 1 is 1.26 bits per heavy atom. The van der Waals surface area contributed by atoms with Crippen molar-refractivity contribution in [3.8, 4) is 0 Å². The molecular weight excluding hydrogens is 366 g/mol. The molecule has 2 rings (SSSR count). The quantitative estimate of drug-likeness (QED) is 0.731. The predicted molar refractivity (Wildman–Crippen MR) is 104 cm³/mol. The van der Waals surface area contributed by atoms with Gasteiger partial charge in [0.25, 0.3) is 0 Å². The van der Waals surface area contributed by atoms with E-state index < -0.39 is 10.0 Å². The van der Waals surface area contributed by atoms with Gasteiger partial charge in [0.15, 0.2) is 0 Å².